The second-order valence-corrected chi connectivity index (χ2v) is 5.31. The Kier molecular flexibility index (Phi) is 5.48. The minimum Gasteiger partial charge on any atom is -0.493 e. The van der Waals surface area contributed by atoms with Gasteiger partial charge in [0.2, 0.25) is 0 Å². The maximum absolute atomic E-state index is 6.08. The fourth-order valence-electron chi connectivity index (χ4n) is 2.06. The zero-order valence-electron chi connectivity index (χ0n) is 12.3. The van der Waals surface area contributed by atoms with Gasteiger partial charge in [-0.1, -0.05) is 30.7 Å². The first kappa shape index (κ1) is 15.7. The molecule has 0 heterocycles. The van der Waals surface area contributed by atoms with E-state index in [1.54, 1.807) is 7.11 Å². The number of methoxy groups -OCH3 is 1. The van der Waals surface area contributed by atoms with Crippen LogP contribution >= 0.6 is 11.6 Å². The lowest BCUT2D eigenvalue weighted by atomic mass is 10.0. The van der Waals surface area contributed by atoms with Gasteiger partial charge in [-0.3, -0.25) is 0 Å². The van der Waals surface area contributed by atoms with Crippen LogP contribution in [0, 0.1) is 0 Å². The zero-order chi connectivity index (χ0) is 15.2. The Morgan fingerprint density at radius 1 is 1.10 bits per heavy atom. The lowest BCUT2D eigenvalue weighted by Crippen LogP contribution is -2.21. The lowest BCUT2D eigenvalue weighted by Gasteiger charge is -2.16. The molecule has 2 rings (SSSR count). The highest BCUT2D eigenvalue weighted by Gasteiger charge is 2.11. The number of benzene rings is 2. The van der Waals surface area contributed by atoms with Gasteiger partial charge < -0.3 is 15.2 Å². The van der Waals surface area contributed by atoms with Crippen LogP contribution in [0.15, 0.2) is 42.5 Å². The zero-order valence-corrected chi connectivity index (χ0v) is 13.1. The average Bonchev–Trinajstić information content (AvgIpc) is 2.50. The summed E-state index contributed by atoms with van der Waals surface area (Å²) in [5.74, 6) is 2.12. The normalized spacial score (nSPS) is 12.0. The summed E-state index contributed by atoms with van der Waals surface area (Å²) >= 11 is 6.08. The maximum Gasteiger partial charge on any atom is 0.169 e. The molecule has 2 aromatic rings. The summed E-state index contributed by atoms with van der Waals surface area (Å²) in [6.07, 6.45) is 1.63. The van der Waals surface area contributed by atoms with Gasteiger partial charge in [-0.25, -0.2) is 0 Å². The van der Waals surface area contributed by atoms with Crippen LogP contribution in [0.5, 0.6) is 17.2 Å². The third kappa shape index (κ3) is 4.13. The minimum atomic E-state index is 0.0866. The number of ether oxygens (including phenoxy) is 2. The topological polar surface area (TPSA) is 44.5 Å². The van der Waals surface area contributed by atoms with E-state index < -0.39 is 0 Å². The summed E-state index contributed by atoms with van der Waals surface area (Å²) in [7, 11) is 1.62. The summed E-state index contributed by atoms with van der Waals surface area (Å²) in [6, 6.07) is 13.2. The van der Waals surface area contributed by atoms with Crippen LogP contribution < -0.4 is 15.2 Å². The molecule has 0 saturated heterocycles. The molecule has 0 aromatic heterocycles. The Morgan fingerprint density at radius 2 is 1.81 bits per heavy atom. The molecule has 2 N–H and O–H groups in total. The van der Waals surface area contributed by atoms with Gasteiger partial charge in [0.15, 0.2) is 11.5 Å². The summed E-state index contributed by atoms with van der Waals surface area (Å²) in [6.45, 7) is 2.07. The lowest BCUT2D eigenvalue weighted by molar-refractivity contribution is 0.377. The highest BCUT2D eigenvalue weighted by molar-refractivity contribution is 6.30. The quantitative estimate of drug-likeness (QED) is 0.859. The molecule has 112 valence electrons. The van der Waals surface area contributed by atoms with Crippen LogP contribution in [-0.4, -0.2) is 13.2 Å². The molecule has 2 aromatic carbocycles. The predicted molar refractivity (Wildman–Crippen MR) is 86.5 cm³/mol. The highest BCUT2D eigenvalue weighted by Crippen LogP contribution is 2.34. The first-order valence-electron chi connectivity index (χ1n) is 6.99. The van der Waals surface area contributed by atoms with E-state index >= 15 is 0 Å². The molecule has 0 spiro atoms. The molecular formula is C17H20ClNO2. The van der Waals surface area contributed by atoms with Crippen molar-refractivity contribution in [3.8, 4) is 17.2 Å². The average molecular weight is 306 g/mol. The number of para-hydroxylation sites is 2. The van der Waals surface area contributed by atoms with Crippen molar-refractivity contribution in [2.24, 2.45) is 5.73 Å². The Balaban J connectivity index is 2.30. The number of hydrogen-bond acceptors (Lipinski definition) is 3. The van der Waals surface area contributed by atoms with Crippen LogP contribution in [-0.2, 0) is 6.42 Å². The smallest absolute Gasteiger partial charge is 0.169 e. The van der Waals surface area contributed by atoms with Crippen molar-refractivity contribution >= 4 is 11.6 Å². The Morgan fingerprint density at radius 3 is 2.48 bits per heavy atom. The van der Waals surface area contributed by atoms with Crippen molar-refractivity contribution in [1.29, 1.82) is 0 Å². The number of halogens is 1. The minimum absolute atomic E-state index is 0.0866. The van der Waals surface area contributed by atoms with E-state index in [9.17, 15) is 0 Å². The summed E-state index contributed by atoms with van der Waals surface area (Å²) in [4.78, 5) is 0. The van der Waals surface area contributed by atoms with Gasteiger partial charge in [-0.15, -0.1) is 0 Å². The molecule has 0 saturated carbocycles. The molecule has 4 heteroatoms. The molecule has 0 amide bonds. The van der Waals surface area contributed by atoms with Crippen molar-refractivity contribution in [2.45, 2.75) is 25.8 Å². The molecule has 0 aliphatic heterocycles. The molecule has 1 unspecified atom stereocenters. The molecule has 0 fully saturated rings. The van der Waals surface area contributed by atoms with Crippen LogP contribution in [0.1, 0.15) is 18.9 Å². The van der Waals surface area contributed by atoms with Gasteiger partial charge in [0.05, 0.1) is 7.11 Å². The first-order chi connectivity index (χ1) is 10.1. The fraction of sp³-hybridized carbons (Fsp3) is 0.294. The van der Waals surface area contributed by atoms with Gasteiger partial charge in [0.25, 0.3) is 0 Å². The molecule has 0 aliphatic rings. The summed E-state index contributed by atoms with van der Waals surface area (Å²) < 4.78 is 11.3. The van der Waals surface area contributed by atoms with Crippen molar-refractivity contribution < 1.29 is 9.47 Å². The van der Waals surface area contributed by atoms with Crippen molar-refractivity contribution in [3.63, 3.8) is 0 Å². The Hall–Kier alpha value is -1.71. The second kappa shape index (κ2) is 7.34. The molecule has 0 radical (unpaired) electrons. The molecule has 1 atom stereocenters. The predicted octanol–water partition coefficient (Wildman–Crippen LogP) is 4.42. The third-order valence-corrected chi connectivity index (χ3v) is 3.55. The fourth-order valence-corrected chi connectivity index (χ4v) is 2.25. The SMILES string of the molecule is CCC(N)Cc1cc(Cl)ccc1Oc1ccccc1OC. The van der Waals surface area contributed by atoms with Crippen molar-refractivity contribution in [1.82, 2.24) is 0 Å². The molecule has 0 aliphatic carbocycles. The van der Waals surface area contributed by atoms with E-state index in [2.05, 4.69) is 6.92 Å². The van der Waals surface area contributed by atoms with Crippen molar-refractivity contribution in [3.05, 3.63) is 53.1 Å². The third-order valence-electron chi connectivity index (χ3n) is 3.32. The van der Waals surface area contributed by atoms with E-state index in [0.717, 1.165) is 24.2 Å². The van der Waals surface area contributed by atoms with Gasteiger partial charge in [-0.2, -0.15) is 0 Å². The summed E-state index contributed by atoms with van der Waals surface area (Å²) in [5, 5.41) is 0.681. The Bertz CT molecular complexity index is 601. The standard InChI is InChI=1S/C17H20ClNO2/c1-3-14(19)11-12-10-13(18)8-9-15(12)21-17-7-5-4-6-16(17)20-2/h4-10,14H,3,11,19H2,1-2H3. The van der Waals surface area contributed by atoms with E-state index in [-0.39, 0.29) is 6.04 Å². The van der Waals surface area contributed by atoms with Gasteiger partial charge in [0, 0.05) is 11.1 Å². The largest absolute Gasteiger partial charge is 0.493 e. The van der Waals surface area contributed by atoms with E-state index in [1.807, 2.05) is 42.5 Å². The Labute approximate surface area is 130 Å². The van der Waals surface area contributed by atoms with Crippen LogP contribution in [0.3, 0.4) is 0 Å². The van der Waals surface area contributed by atoms with Crippen molar-refractivity contribution in [2.75, 3.05) is 7.11 Å². The van der Waals surface area contributed by atoms with Gasteiger partial charge in [-0.05, 0) is 48.7 Å². The number of nitrogens with two attached hydrogens (primary N) is 1. The monoisotopic (exact) mass is 305 g/mol. The van der Waals surface area contributed by atoms with E-state index in [0.29, 0.717) is 16.5 Å². The first-order valence-corrected chi connectivity index (χ1v) is 7.36. The molecule has 3 nitrogen and oxygen atoms in total. The van der Waals surface area contributed by atoms with Crippen LogP contribution in [0.4, 0.5) is 0 Å². The second-order valence-electron chi connectivity index (χ2n) is 4.88. The van der Waals surface area contributed by atoms with E-state index in [4.69, 9.17) is 26.8 Å². The molecule has 21 heavy (non-hydrogen) atoms. The van der Waals surface area contributed by atoms with E-state index in [1.165, 1.54) is 0 Å². The molecular weight excluding hydrogens is 286 g/mol. The maximum atomic E-state index is 6.08. The number of rotatable bonds is 6. The van der Waals surface area contributed by atoms with Crippen LogP contribution in [0.25, 0.3) is 0 Å². The summed E-state index contributed by atoms with van der Waals surface area (Å²) in [5.41, 5.74) is 7.05. The van der Waals surface area contributed by atoms with Gasteiger partial charge >= 0.3 is 0 Å². The van der Waals surface area contributed by atoms with Crippen LogP contribution in [0.2, 0.25) is 5.02 Å². The van der Waals surface area contributed by atoms with Gasteiger partial charge in [0.1, 0.15) is 5.75 Å². The highest BCUT2D eigenvalue weighted by atomic mass is 35.5. The number of hydrogen-bond donors (Lipinski definition) is 1. The molecule has 0 bridgehead atoms.